The number of halogens is 2. The average Bonchev–Trinajstić information content (AvgIpc) is 2.84. The molecule has 0 saturated carbocycles. The van der Waals surface area contributed by atoms with E-state index in [9.17, 15) is 8.78 Å². The van der Waals surface area contributed by atoms with Crippen molar-refractivity contribution in [3.05, 3.63) is 30.1 Å². The number of hydrogen-bond donors (Lipinski definition) is 1. The maximum Gasteiger partial charge on any atom is 0.387 e. The summed E-state index contributed by atoms with van der Waals surface area (Å²) in [6.07, 6.45) is 0.632. The second-order valence-corrected chi connectivity index (χ2v) is 3.78. The van der Waals surface area contributed by atoms with Crippen molar-refractivity contribution >= 4 is 0 Å². The molecule has 102 valence electrons. The van der Waals surface area contributed by atoms with Crippen LogP contribution in [0.25, 0.3) is 11.5 Å². The lowest BCUT2D eigenvalue weighted by Gasteiger charge is -2.04. The summed E-state index contributed by atoms with van der Waals surface area (Å²) in [6.45, 7) is -2.13. The first-order valence-electron chi connectivity index (χ1n) is 5.71. The van der Waals surface area contributed by atoms with Crippen LogP contribution in [0.1, 0.15) is 5.82 Å². The highest BCUT2D eigenvalue weighted by molar-refractivity contribution is 5.55. The number of rotatable bonds is 6. The van der Waals surface area contributed by atoms with Gasteiger partial charge in [-0.3, -0.25) is 0 Å². The van der Waals surface area contributed by atoms with Gasteiger partial charge < -0.3 is 14.6 Å². The fourth-order valence-electron chi connectivity index (χ4n) is 1.51. The fraction of sp³-hybridized carbons (Fsp3) is 0.333. The molecule has 2 rings (SSSR count). The molecule has 1 heterocycles. The number of nitrogens with zero attached hydrogens (tertiary/aromatic N) is 2. The van der Waals surface area contributed by atoms with Gasteiger partial charge >= 0.3 is 6.61 Å². The van der Waals surface area contributed by atoms with Crippen LogP contribution >= 0.6 is 0 Å². The van der Waals surface area contributed by atoms with Gasteiger partial charge in [0.25, 0.3) is 5.89 Å². The van der Waals surface area contributed by atoms with Crippen LogP contribution in [0, 0.1) is 0 Å². The summed E-state index contributed by atoms with van der Waals surface area (Å²) in [4.78, 5) is 4.18. The number of benzene rings is 1. The second-order valence-electron chi connectivity index (χ2n) is 3.78. The average molecular weight is 269 g/mol. The number of nitrogens with one attached hydrogen (secondary N) is 1. The van der Waals surface area contributed by atoms with Crippen LogP contribution in [-0.4, -0.2) is 30.3 Å². The van der Waals surface area contributed by atoms with E-state index < -0.39 is 6.61 Å². The van der Waals surface area contributed by atoms with Crippen molar-refractivity contribution in [3.63, 3.8) is 0 Å². The third kappa shape index (κ3) is 3.72. The molecule has 2 aromatic rings. The zero-order chi connectivity index (χ0) is 13.7. The third-order valence-electron chi connectivity index (χ3n) is 2.37. The standard InChI is InChI=1S/C12H13F2N3O2/c1-15-6-5-10-16-11(19-17-10)8-3-2-4-9(7-8)18-12(13)14/h2-4,7,12,15H,5-6H2,1H3. The van der Waals surface area contributed by atoms with Crippen LogP contribution in [0.3, 0.4) is 0 Å². The van der Waals surface area contributed by atoms with Gasteiger partial charge in [-0.2, -0.15) is 13.8 Å². The molecule has 0 unspecified atom stereocenters. The first-order chi connectivity index (χ1) is 9.19. The van der Waals surface area contributed by atoms with Crippen LogP contribution in [0.15, 0.2) is 28.8 Å². The zero-order valence-electron chi connectivity index (χ0n) is 10.3. The minimum Gasteiger partial charge on any atom is -0.435 e. The van der Waals surface area contributed by atoms with E-state index in [1.54, 1.807) is 12.1 Å². The van der Waals surface area contributed by atoms with E-state index in [0.717, 1.165) is 6.54 Å². The van der Waals surface area contributed by atoms with Crippen molar-refractivity contribution in [2.75, 3.05) is 13.6 Å². The van der Waals surface area contributed by atoms with Crippen LogP contribution in [0.4, 0.5) is 8.78 Å². The van der Waals surface area contributed by atoms with Crippen LogP contribution in [-0.2, 0) is 6.42 Å². The van der Waals surface area contributed by atoms with Crippen LogP contribution in [0.5, 0.6) is 5.75 Å². The van der Waals surface area contributed by atoms with Gasteiger partial charge in [-0.05, 0) is 25.2 Å². The first-order valence-corrected chi connectivity index (χ1v) is 5.71. The molecule has 1 aromatic heterocycles. The quantitative estimate of drug-likeness (QED) is 0.870. The van der Waals surface area contributed by atoms with Gasteiger partial charge in [0.2, 0.25) is 0 Å². The molecule has 0 amide bonds. The van der Waals surface area contributed by atoms with E-state index >= 15 is 0 Å². The highest BCUT2D eigenvalue weighted by Gasteiger charge is 2.11. The molecule has 0 spiro atoms. The van der Waals surface area contributed by atoms with Crippen molar-refractivity contribution in [2.24, 2.45) is 0 Å². The van der Waals surface area contributed by atoms with E-state index in [0.29, 0.717) is 17.8 Å². The fourth-order valence-corrected chi connectivity index (χ4v) is 1.51. The van der Waals surface area contributed by atoms with E-state index in [1.807, 2.05) is 7.05 Å². The second kappa shape index (κ2) is 6.24. The third-order valence-corrected chi connectivity index (χ3v) is 2.37. The van der Waals surface area contributed by atoms with Gasteiger partial charge in [-0.1, -0.05) is 11.2 Å². The molecule has 7 heteroatoms. The summed E-state index contributed by atoms with van der Waals surface area (Å²) in [5.41, 5.74) is 0.543. The Bertz CT molecular complexity index is 531. The summed E-state index contributed by atoms with van der Waals surface area (Å²) in [5.74, 6) is 0.901. The normalized spacial score (nSPS) is 10.9. The maximum absolute atomic E-state index is 12.1. The Balaban J connectivity index is 2.14. The first kappa shape index (κ1) is 13.4. The van der Waals surface area contributed by atoms with E-state index in [-0.39, 0.29) is 11.6 Å². The molecule has 0 aliphatic carbocycles. The van der Waals surface area contributed by atoms with Crippen molar-refractivity contribution in [1.82, 2.24) is 15.5 Å². The van der Waals surface area contributed by atoms with Crippen LogP contribution < -0.4 is 10.1 Å². The summed E-state index contributed by atoms with van der Waals surface area (Å²) >= 11 is 0. The predicted octanol–water partition coefficient (Wildman–Crippen LogP) is 2.10. The maximum atomic E-state index is 12.1. The van der Waals surface area contributed by atoms with E-state index in [1.165, 1.54) is 12.1 Å². The molecule has 0 bridgehead atoms. The molecule has 1 N–H and O–H groups in total. The molecule has 0 saturated heterocycles. The minimum atomic E-state index is -2.86. The molecule has 5 nitrogen and oxygen atoms in total. The lowest BCUT2D eigenvalue weighted by atomic mass is 10.2. The molecule has 0 aliphatic rings. The molecule has 1 aromatic carbocycles. The Morgan fingerprint density at radius 2 is 2.26 bits per heavy atom. The van der Waals surface area contributed by atoms with Crippen molar-refractivity contribution in [3.8, 4) is 17.2 Å². The van der Waals surface area contributed by atoms with Gasteiger partial charge in [0.1, 0.15) is 5.75 Å². The highest BCUT2D eigenvalue weighted by Crippen LogP contribution is 2.23. The summed E-state index contributed by atoms with van der Waals surface area (Å²) in [7, 11) is 1.83. The lowest BCUT2D eigenvalue weighted by molar-refractivity contribution is -0.0498. The largest absolute Gasteiger partial charge is 0.435 e. The monoisotopic (exact) mass is 269 g/mol. The Hall–Kier alpha value is -2.02. The number of likely N-dealkylation sites (N-methyl/N-ethyl adjacent to an activating group) is 1. The van der Waals surface area contributed by atoms with Gasteiger partial charge in [-0.15, -0.1) is 0 Å². The lowest BCUT2D eigenvalue weighted by Crippen LogP contribution is -2.11. The molecule has 19 heavy (non-hydrogen) atoms. The van der Waals surface area contributed by atoms with Crippen molar-refractivity contribution in [1.29, 1.82) is 0 Å². The van der Waals surface area contributed by atoms with E-state index in [4.69, 9.17) is 4.52 Å². The minimum absolute atomic E-state index is 0.0578. The molecule has 0 radical (unpaired) electrons. The highest BCUT2D eigenvalue weighted by atomic mass is 19.3. The van der Waals surface area contributed by atoms with Crippen molar-refractivity contribution < 1.29 is 18.0 Å². The predicted molar refractivity (Wildman–Crippen MR) is 64.0 cm³/mol. The van der Waals surface area contributed by atoms with Gasteiger partial charge in [0, 0.05) is 18.5 Å². The molecular weight excluding hydrogens is 256 g/mol. The Kier molecular flexibility index (Phi) is 4.40. The molecule has 0 aliphatic heterocycles. The van der Waals surface area contributed by atoms with E-state index in [2.05, 4.69) is 20.2 Å². The molecule has 0 fully saturated rings. The van der Waals surface area contributed by atoms with Gasteiger partial charge in [0.05, 0.1) is 0 Å². The number of aromatic nitrogens is 2. The van der Waals surface area contributed by atoms with Crippen LogP contribution in [0.2, 0.25) is 0 Å². The molecular formula is C12H13F2N3O2. The number of ether oxygens (including phenoxy) is 1. The topological polar surface area (TPSA) is 60.2 Å². The van der Waals surface area contributed by atoms with Gasteiger partial charge in [-0.25, -0.2) is 0 Å². The zero-order valence-corrected chi connectivity index (χ0v) is 10.3. The summed E-state index contributed by atoms with van der Waals surface area (Å²) < 4.78 is 33.6. The molecule has 0 atom stereocenters. The smallest absolute Gasteiger partial charge is 0.387 e. The SMILES string of the molecule is CNCCc1noc(-c2cccc(OC(F)F)c2)n1. The Morgan fingerprint density at radius 3 is 3.00 bits per heavy atom. The van der Waals surface area contributed by atoms with Gasteiger partial charge in [0.15, 0.2) is 5.82 Å². The number of alkyl halides is 2. The Morgan fingerprint density at radius 1 is 1.42 bits per heavy atom. The summed E-state index contributed by atoms with van der Waals surface area (Å²) in [5, 5.41) is 6.78. The van der Waals surface area contributed by atoms with Crippen molar-refractivity contribution in [2.45, 2.75) is 13.0 Å². The Labute approximate surface area is 108 Å². The summed E-state index contributed by atoms with van der Waals surface area (Å²) in [6, 6.07) is 6.15. The number of hydrogen-bond acceptors (Lipinski definition) is 5.